The Hall–Kier alpha value is -1.14. The zero-order valence-corrected chi connectivity index (χ0v) is 30.9. The van der Waals surface area contributed by atoms with E-state index in [-0.39, 0.29) is 22.8 Å². The van der Waals surface area contributed by atoms with Crippen LogP contribution in [0.25, 0.3) is 0 Å². The lowest BCUT2D eigenvalue weighted by Crippen LogP contribution is -2.39. The molecule has 0 N–H and O–H groups in total. The summed E-state index contributed by atoms with van der Waals surface area (Å²) in [4.78, 5) is 29.7. The summed E-state index contributed by atoms with van der Waals surface area (Å²) in [5.41, 5.74) is -0.740. The Morgan fingerprint density at radius 1 is 0.619 bits per heavy atom. The zero-order chi connectivity index (χ0) is 33.1. The molecule has 6 nitrogen and oxygen atoms in total. The Bertz CT molecular complexity index is 707. The molecule has 0 bridgehead atoms. The van der Waals surface area contributed by atoms with Crippen LogP contribution in [-0.2, 0) is 19.1 Å². The molecule has 0 fully saturated rings. The molecule has 0 aliphatic heterocycles. The first kappa shape index (κ1) is 43.0. The lowest BCUT2D eigenvalue weighted by atomic mass is 9.73. The molecule has 0 aliphatic rings. The van der Waals surface area contributed by atoms with E-state index in [9.17, 15) is 9.59 Å². The van der Waals surface area contributed by atoms with E-state index in [0.29, 0.717) is 42.9 Å². The molecule has 0 heterocycles. The molecule has 0 saturated heterocycles. The number of hydrogen-bond acceptors (Lipinski definition) is 6. The smallest absolute Gasteiger partial charge is 0.312 e. The lowest BCUT2D eigenvalue weighted by molar-refractivity contribution is -0.160. The van der Waals surface area contributed by atoms with Crippen molar-refractivity contribution in [1.82, 2.24) is 9.80 Å². The molecule has 0 aromatic carbocycles. The number of carbonyl (C=O) groups excluding carboxylic acids is 2. The minimum Gasteiger partial charge on any atom is -0.464 e. The summed E-state index contributed by atoms with van der Waals surface area (Å²) in [6.45, 7) is 38.0. The topological polar surface area (TPSA) is 59.1 Å². The Balaban J connectivity index is 0. The summed E-state index contributed by atoms with van der Waals surface area (Å²) in [6.07, 6.45) is 5.30. The summed E-state index contributed by atoms with van der Waals surface area (Å²) >= 11 is 0. The van der Waals surface area contributed by atoms with E-state index < -0.39 is 0 Å². The first-order valence-corrected chi connectivity index (χ1v) is 17.2. The van der Waals surface area contributed by atoms with Crippen molar-refractivity contribution in [1.29, 1.82) is 0 Å². The van der Waals surface area contributed by atoms with Crippen LogP contribution in [0.3, 0.4) is 0 Å². The molecular formula is C36H74N2O4. The Kier molecular flexibility index (Phi) is 22.9. The zero-order valence-electron chi connectivity index (χ0n) is 30.9. The van der Waals surface area contributed by atoms with Crippen LogP contribution in [-0.4, -0.2) is 73.7 Å². The number of ether oxygens (including phenoxy) is 2. The van der Waals surface area contributed by atoms with Gasteiger partial charge in [-0.25, -0.2) is 0 Å². The maximum absolute atomic E-state index is 12.6. The molecule has 252 valence electrons. The quantitative estimate of drug-likeness (QED) is 0.123. The van der Waals surface area contributed by atoms with Crippen LogP contribution >= 0.6 is 0 Å². The predicted octanol–water partition coefficient (Wildman–Crippen LogP) is 8.72. The van der Waals surface area contributed by atoms with Crippen LogP contribution in [0.5, 0.6) is 0 Å². The molecule has 0 aromatic rings. The van der Waals surface area contributed by atoms with Crippen molar-refractivity contribution in [2.75, 3.05) is 45.9 Å². The summed E-state index contributed by atoms with van der Waals surface area (Å²) in [6, 6.07) is 0.498. The van der Waals surface area contributed by atoms with E-state index >= 15 is 0 Å². The Morgan fingerprint density at radius 3 is 1.36 bits per heavy atom. The molecule has 6 heteroatoms. The van der Waals surface area contributed by atoms with Crippen molar-refractivity contribution in [3.63, 3.8) is 0 Å². The van der Waals surface area contributed by atoms with E-state index in [0.717, 1.165) is 52.0 Å². The van der Waals surface area contributed by atoms with Gasteiger partial charge in [0.05, 0.1) is 10.8 Å². The van der Waals surface area contributed by atoms with Gasteiger partial charge >= 0.3 is 11.9 Å². The van der Waals surface area contributed by atoms with Gasteiger partial charge in [-0.3, -0.25) is 14.5 Å². The lowest BCUT2D eigenvalue weighted by Gasteiger charge is -2.33. The van der Waals surface area contributed by atoms with Gasteiger partial charge in [0.25, 0.3) is 0 Å². The largest absolute Gasteiger partial charge is 0.464 e. The van der Waals surface area contributed by atoms with Gasteiger partial charge in [-0.05, 0) is 96.7 Å². The summed E-state index contributed by atoms with van der Waals surface area (Å²) in [5.74, 6) is 1.53. The van der Waals surface area contributed by atoms with Crippen LogP contribution in [0, 0.1) is 34.5 Å². The van der Waals surface area contributed by atoms with E-state index in [4.69, 9.17) is 9.47 Å². The molecule has 0 amide bonds. The minimum absolute atomic E-state index is 0.0320. The summed E-state index contributed by atoms with van der Waals surface area (Å²) in [7, 11) is 0. The fourth-order valence-corrected chi connectivity index (χ4v) is 5.39. The molecule has 42 heavy (non-hydrogen) atoms. The molecule has 0 rings (SSSR count). The second kappa shape index (κ2) is 22.4. The van der Waals surface area contributed by atoms with E-state index in [1.807, 2.05) is 6.92 Å². The van der Waals surface area contributed by atoms with Gasteiger partial charge in [-0.2, -0.15) is 0 Å². The fourth-order valence-electron chi connectivity index (χ4n) is 5.39. The highest BCUT2D eigenvalue weighted by Gasteiger charge is 2.39. The molecule has 0 aliphatic carbocycles. The highest BCUT2D eigenvalue weighted by Crippen LogP contribution is 2.36. The number of rotatable bonds is 21. The monoisotopic (exact) mass is 599 g/mol. The molecule has 2 unspecified atom stereocenters. The van der Waals surface area contributed by atoms with Crippen molar-refractivity contribution >= 4 is 11.9 Å². The molecule has 2 atom stereocenters. The maximum Gasteiger partial charge on any atom is 0.312 e. The van der Waals surface area contributed by atoms with Gasteiger partial charge in [0.1, 0.15) is 13.2 Å². The SMILES string of the molecule is CCCCN(CCOC(=O)C(C)(CC(C)C)C(C)C)C(C)C.CCCN(CC)CCOC(=O)C(C)(CC(C)C)C(C)C. The normalized spacial score (nSPS) is 14.9. The summed E-state index contributed by atoms with van der Waals surface area (Å²) in [5, 5.41) is 0. The van der Waals surface area contributed by atoms with Gasteiger partial charge < -0.3 is 14.4 Å². The number of nitrogens with zero attached hydrogens (tertiary/aromatic N) is 2. The average molecular weight is 599 g/mol. The Labute approximate surface area is 263 Å². The van der Waals surface area contributed by atoms with Gasteiger partial charge in [-0.1, -0.05) is 82.6 Å². The third-order valence-electron chi connectivity index (χ3n) is 8.91. The van der Waals surface area contributed by atoms with Crippen LogP contribution in [0.4, 0.5) is 0 Å². The minimum atomic E-state index is -0.375. The Morgan fingerprint density at radius 2 is 1.05 bits per heavy atom. The highest BCUT2D eigenvalue weighted by molar-refractivity contribution is 5.77. The first-order valence-electron chi connectivity index (χ1n) is 17.2. The third kappa shape index (κ3) is 16.6. The van der Waals surface area contributed by atoms with Crippen molar-refractivity contribution < 1.29 is 19.1 Å². The van der Waals surface area contributed by atoms with E-state index in [2.05, 4.69) is 107 Å². The van der Waals surface area contributed by atoms with Crippen molar-refractivity contribution in [2.24, 2.45) is 34.5 Å². The maximum atomic E-state index is 12.6. The highest BCUT2D eigenvalue weighted by atomic mass is 16.5. The molecule has 0 spiro atoms. The second-order valence-electron chi connectivity index (χ2n) is 14.5. The van der Waals surface area contributed by atoms with E-state index in [1.165, 1.54) is 12.8 Å². The van der Waals surface area contributed by atoms with Gasteiger partial charge in [0.15, 0.2) is 0 Å². The van der Waals surface area contributed by atoms with Crippen molar-refractivity contribution in [2.45, 2.75) is 142 Å². The number of unbranched alkanes of at least 4 members (excludes halogenated alkanes) is 1. The number of hydrogen-bond donors (Lipinski definition) is 0. The second-order valence-corrected chi connectivity index (χ2v) is 14.5. The molecule has 0 radical (unpaired) electrons. The van der Waals surface area contributed by atoms with Crippen LogP contribution in [0.15, 0.2) is 0 Å². The van der Waals surface area contributed by atoms with Gasteiger partial charge in [0, 0.05) is 19.1 Å². The predicted molar refractivity (Wildman–Crippen MR) is 181 cm³/mol. The van der Waals surface area contributed by atoms with Crippen LogP contribution in [0.1, 0.15) is 136 Å². The van der Waals surface area contributed by atoms with Crippen molar-refractivity contribution in [3.8, 4) is 0 Å². The van der Waals surface area contributed by atoms with Crippen LogP contribution < -0.4 is 0 Å². The standard InChI is InChI=1S/C19H39NO2.C17H35NO2/c1-9-10-11-20(17(6)7)12-13-22-18(21)19(8,16(4)5)14-15(2)3;1-8-10-18(9-2)11-12-20-16(19)17(7,15(5)6)13-14(3)4/h15-17H,9-14H2,1-8H3;14-15H,8-13H2,1-7H3. The average Bonchev–Trinajstić information content (AvgIpc) is 2.88. The van der Waals surface area contributed by atoms with Crippen molar-refractivity contribution in [3.05, 3.63) is 0 Å². The van der Waals surface area contributed by atoms with Gasteiger partial charge in [0.2, 0.25) is 0 Å². The first-order chi connectivity index (χ1) is 19.4. The fraction of sp³-hybridized carbons (Fsp3) is 0.944. The van der Waals surface area contributed by atoms with Gasteiger partial charge in [-0.15, -0.1) is 0 Å². The molecular weight excluding hydrogens is 524 g/mol. The number of esters is 2. The van der Waals surface area contributed by atoms with E-state index in [1.54, 1.807) is 0 Å². The third-order valence-corrected chi connectivity index (χ3v) is 8.91. The number of carbonyl (C=O) groups is 2. The summed E-state index contributed by atoms with van der Waals surface area (Å²) < 4.78 is 11.2. The van der Waals surface area contributed by atoms with Crippen LogP contribution in [0.2, 0.25) is 0 Å². The molecule has 0 saturated carbocycles. The molecule has 0 aromatic heterocycles. The number of likely N-dealkylation sites (N-methyl/N-ethyl adjacent to an activating group) is 1.